The fourth-order valence-corrected chi connectivity index (χ4v) is 1.83. The molecule has 0 spiro atoms. The number of nitrogens with zero attached hydrogens (tertiary/aromatic N) is 3. The number of benzene rings is 1. The molecule has 0 bridgehead atoms. The smallest absolute Gasteiger partial charge is 0.123 e. The highest BCUT2D eigenvalue weighted by molar-refractivity contribution is 9.10. The summed E-state index contributed by atoms with van der Waals surface area (Å²) in [5.74, 6) is -0.221. The van der Waals surface area contributed by atoms with Crippen LogP contribution in [0.4, 0.5) is 4.39 Å². The molecule has 4 nitrogen and oxygen atoms in total. The zero-order chi connectivity index (χ0) is 12.1. The minimum absolute atomic E-state index is 0.221. The molecule has 1 aromatic carbocycles. The molecule has 1 heterocycles. The Morgan fingerprint density at radius 3 is 3.06 bits per heavy atom. The lowest BCUT2D eigenvalue weighted by Gasteiger charge is -2.07. The van der Waals surface area contributed by atoms with Crippen molar-refractivity contribution in [3.63, 3.8) is 0 Å². The minimum Gasteiger partial charge on any atom is -0.311 e. The van der Waals surface area contributed by atoms with Crippen LogP contribution in [0.1, 0.15) is 5.56 Å². The summed E-state index contributed by atoms with van der Waals surface area (Å²) in [7, 11) is 0. The van der Waals surface area contributed by atoms with E-state index in [0.717, 1.165) is 23.1 Å². The van der Waals surface area contributed by atoms with E-state index in [0.29, 0.717) is 6.54 Å². The van der Waals surface area contributed by atoms with Gasteiger partial charge in [0.05, 0.1) is 12.7 Å². The Balaban J connectivity index is 1.80. The number of hydrogen-bond acceptors (Lipinski definition) is 3. The van der Waals surface area contributed by atoms with Gasteiger partial charge in [-0.1, -0.05) is 21.1 Å². The number of aromatic nitrogens is 3. The number of hydrogen-bond donors (Lipinski definition) is 1. The molecule has 17 heavy (non-hydrogen) atoms. The van der Waals surface area contributed by atoms with Gasteiger partial charge in [0.2, 0.25) is 0 Å². The maximum absolute atomic E-state index is 13.0. The largest absolute Gasteiger partial charge is 0.311 e. The van der Waals surface area contributed by atoms with Crippen LogP contribution >= 0.6 is 15.9 Å². The van der Waals surface area contributed by atoms with E-state index in [1.165, 1.54) is 12.1 Å². The molecule has 0 aliphatic rings. The second-order valence-electron chi connectivity index (χ2n) is 3.58. The lowest BCUT2D eigenvalue weighted by atomic mass is 10.2. The van der Waals surface area contributed by atoms with Crippen LogP contribution in [0.3, 0.4) is 0 Å². The highest BCUT2D eigenvalue weighted by Gasteiger charge is 2.01. The second-order valence-corrected chi connectivity index (χ2v) is 4.43. The normalized spacial score (nSPS) is 10.7. The predicted molar refractivity (Wildman–Crippen MR) is 65.8 cm³/mol. The second kappa shape index (κ2) is 5.88. The summed E-state index contributed by atoms with van der Waals surface area (Å²) in [4.78, 5) is 0. The summed E-state index contributed by atoms with van der Waals surface area (Å²) in [5.41, 5.74) is 0.906. The number of nitrogens with one attached hydrogen (secondary N) is 1. The Hall–Kier alpha value is -1.27. The summed E-state index contributed by atoms with van der Waals surface area (Å²) in [6.45, 7) is 2.12. The van der Waals surface area contributed by atoms with E-state index in [1.54, 1.807) is 23.1 Å². The molecule has 2 rings (SSSR count). The fourth-order valence-electron chi connectivity index (χ4n) is 1.45. The molecule has 0 unspecified atom stereocenters. The molecule has 0 aliphatic heterocycles. The lowest BCUT2D eigenvalue weighted by Crippen LogP contribution is -2.20. The fraction of sp³-hybridized carbons (Fsp3) is 0.273. The quantitative estimate of drug-likeness (QED) is 0.858. The maximum Gasteiger partial charge on any atom is 0.123 e. The monoisotopic (exact) mass is 298 g/mol. The van der Waals surface area contributed by atoms with Gasteiger partial charge in [-0.05, 0) is 23.8 Å². The molecular weight excluding hydrogens is 287 g/mol. The summed E-state index contributed by atoms with van der Waals surface area (Å²) in [5, 5.41) is 10.8. The van der Waals surface area contributed by atoms with Crippen molar-refractivity contribution in [2.24, 2.45) is 0 Å². The van der Waals surface area contributed by atoms with Crippen molar-refractivity contribution in [3.05, 3.63) is 46.4 Å². The van der Waals surface area contributed by atoms with Crippen LogP contribution in [0.15, 0.2) is 35.1 Å². The highest BCUT2D eigenvalue weighted by atomic mass is 79.9. The first-order valence-corrected chi connectivity index (χ1v) is 6.04. The first-order chi connectivity index (χ1) is 8.25. The summed E-state index contributed by atoms with van der Waals surface area (Å²) >= 11 is 3.39. The van der Waals surface area contributed by atoms with Gasteiger partial charge < -0.3 is 5.32 Å². The SMILES string of the molecule is Fc1ccc(Br)c(CNCCn2ccnn2)c1. The van der Waals surface area contributed by atoms with E-state index < -0.39 is 0 Å². The van der Waals surface area contributed by atoms with Gasteiger partial charge in [0.25, 0.3) is 0 Å². The average molecular weight is 299 g/mol. The van der Waals surface area contributed by atoms with Crippen molar-refractivity contribution in [1.82, 2.24) is 20.3 Å². The third-order valence-corrected chi connectivity index (χ3v) is 3.09. The van der Waals surface area contributed by atoms with E-state index in [2.05, 4.69) is 31.6 Å². The Morgan fingerprint density at radius 2 is 2.29 bits per heavy atom. The van der Waals surface area contributed by atoms with Crippen LogP contribution in [-0.2, 0) is 13.1 Å². The van der Waals surface area contributed by atoms with Gasteiger partial charge >= 0.3 is 0 Å². The molecule has 0 saturated heterocycles. The zero-order valence-corrected chi connectivity index (χ0v) is 10.7. The topological polar surface area (TPSA) is 42.7 Å². The Morgan fingerprint density at radius 1 is 1.41 bits per heavy atom. The van der Waals surface area contributed by atoms with Gasteiger partial charge in [-0.2, -0.15) is 0 Å². The maximum atomic E-state index is 13.0. The van der Waals surface area contributed by atoms with E-state index in [-0.39, 0.29) is 5.82 Å². The molecule has 0 amide bonds. The van der Waals surface area contributed by atoms with Crippen LogP contribution in [0.5, 0.6) is 0 Å². The number of rotatable bonds is 5. The van der Waals surface area contributed by atoms with Crippen molar-refractivity contribution in [2.45, 2.75) is 13.1 Å². The van der Waals surface area contributed by atoms with Crippen LogP contribution in [0.2, 0.25) is 0 Å². The van der Waals surface area contributed by atoms with E-state index in [4.69, 9.17) is 0 Å². The van der Waals surface area contributed by atoms with Gasteiger partial charge in [0, 0.05) is 23.8 Å². The highest BCUT2D eigenvalue weighted by Crippen LogP contribution is 2.17. The average Bonchev–Trinajstić information content (AvgIpc) is 2.82. The zero-order valence-electron chi connectivity index (χ0n) is 9.11. The van der Waals surface area contributed by atoms with Gasteiger partial charge in [-0.15, -0.1) is 5.10 Å². The van der Waals surface area contributed by atoms with Gasteiger partial charge in [0.1, 0.15) is 5.82 Å². The standard InChI is InChI=1S/C11H12BrFN4/c12-11-2-1-10(13)7-9(11)8-14-3-5-17-6-4-15-16-17/h1-2,4,6-7,14H,3,5,8H2. The van der Waals surface area contributed by atoms with Crippen LogP contribution < -0.4 is 5.32 Å². The summed E-state index contributed by atoms with van der Waals surface area (Å²) in [6, 6.07) is 4.67. The van der Waals surface area contributed by atoms with Crippen LogP contribution in [0.25, 0.3) is 0 Å². The van der Waals surface area contributed by atoms with Gasteiger partial charge in [-0.3, -0.25) is 4.68 Å². The van der Waals surface area contributed by atoms with Crippen molar-refractivity contribution >= 4 is 15.9 Å². The first-order valence-electron chi connectivity index (χ1n) is 5.24. The van der Waals surface area contributed by atoms with Crippen molar-refractivity contribution in [2.75, 3.05) is 6.54 Å². The third-order valence-electron chi connectivity index (χ3n) is 2.31. The van der Waals surface area contributed by atoms with Crippen LogP contribution in [0, 0.1) is 5.82 Å². The lowest BCUT2D eigenvalue weighted by molar-refractivity contribution is 0.538. The molecule has 90 valence electrons. The van der Waals surface area contributed by atoms with Gasteiger partial charge in [-0.25, -0.2) is 4.39 Å². The minimum atomic E-state index is -0.221. The molecule has 0 saturated carbocycles. The van der Waals surface area contributed by atoms with E-state index in [9.17, 15) is 4.39 Å². The summed E-state index contributed by atoms with van der Waals surface area (Å²) < 4.78 is 15.7. The van der Waals surface area contributed by atoms with Crippen molar-refractivity contribution in [1.29, 1.82) is 0 Å². The van der Waals surface area contributed by atoms with E-state index in [1.807, 2.05) is 0 Å². The van der Waals surface area contributed by atoms with Crippen LogP contribution in [-0.4, -0.2) is 21.5 Å². The Kier molecular flexibility index (Phi) is 4.22. The molecule has 1 aromatic heterocycles. The summed E-state index contributed by atoms with van der Waals surface area (Å²) in [6.07, 6.45) is 3.45. The molecule has 0 radical (unpaired) electrons. The molecule has 0 aliphatic carbocycles. The Labute approximate surface area is 107 Å². The van der Waals surface area contributed by atoms with Gasteiger partial charge in [0.15, 0.2) is 0 Å². The third kappa shape index (κ3) is 3.61. The molecule has 0 fully saturated rings. The van der Waals surface area contributed by atoms with Crippen molar-refractivity contribution < 1.29 is 4.39 Å². The predicted octanol–water partition coefficient (Wildman–Crippen LogP) is 1.97. The van der Waals surface area contributed by atoms with E-state index >= 15 is 0 Å². The molecule has 0 atom stereocenters. The molecular formula is C11H12BrFN4. The molecule has 2 aromatic rings. The number of halogens is 2. The Bertz CT molecular complexity index is 472. The molecule has 1 N–H and O–H groups in total. The molecule has 6 heteroatoms. The van der Waals surface area contributed by atoms with Crippen molar-refractivity contribution in [3.8, 4) is 0 Å². The first kappa shape index (κ1) is 12.2.